The fraction of sp³-hybridized carbons (Fsp3) is 0.462. The molecule has 16 heavy (non-hydrogen) atoms. The molecule has 1 unspecified atom stereocenters. The summed E-state index contributed by atoms with van der Waals surface area (Å²) in [6.07, 6.45) is 1.33. The normalized spacial score (nSPS) is 18.5. The minimum atomic E-state index is -0.203. The van der Waals surface area contributed by atoms with Gasteiger partial charge in [0.1, 0.15) is 5.75 Å². The van der Waals surface area contributed by atoms with E-state index in [4.69, 9.17) is 9.47 Å². The van der Waals surface area contributed by atoms with E-state index in [-0.39, 0.29) is 5.97 Å². The van der Waals surface area contributed by atoms with Crippen molar-refractivity contribution < 1.29 is 14.3 Å². The fourth-order valence-corrected chi connectivity index (χ4v) is 2.15. The number of esters is 1. The van der Waals surface area contributed by atoms with Crippen LogP contribution in [0.25, 0.3) is 0 Å². The van der Waals surface area contributed by atoms with Gasteiger partial charge in [-0.25, -0.2) is 0 Å². The van der Waals surface area contributed by atoms with E-state index in [1.54, 1.807) is 0 Å². The van der Waals surface area contributed by atoms with E-state index >= 15 is 0 Å². The van der Waals surface area contributed by atoms with Gasteiger partial charge in [-0.15, -0.1) is 0 Å². The molecule has 3 heteroatoms. The van der Waals surface area contributed by atoms with Crippen molar-refractivity contribution in [2.75, 3.05) is 13.7 Å². The lowest BCUT2D eigenvalue weighted by atomic mass is 9.89. The second kappa shape index (κ2) is 4.56. The molecule has 0 saturated carbocycles. The number of methoxy groups -OCH3 is 1. The predicted octanol–water partition coefficient (Wildman–Crippen LogP) is 2.29. The van der Waals surface area contributed by atoms with Crippen molar-refractivity contribution >= 4 is 5.97 Å². The highest BCUT2D eigenvalue weighted by molar-refractivity contribution is 5.73. The second-order valence-corrected chi connectivity index (χ2v) is 4.12. The third-order valence-electron chi connectivity index (χ3n) is 3.02. The zero-order chi connectivity index (χ0) is 11.5. The lowest BCUT2D eigenvalue weighted by Gasteiger charge is -2.25. The van der Waals surface area contributed by atoms with Crippen LogP contribution in [0.15, 0.2) is 18.2 Å². The Balaban J connectivity index is 2.34. The van der Waals surface area contributed by atoms with Crippen molar-refractivity contribution in [3.63, 3.8) is 0 Å². The van der Waals surface area contributed by atoms with Gasteiger partial charge in [0.2, 0.25) is 0 Å². The van der Waals surface area contributed by atoms with Crippen LogP contribution in [-0.2, 0) is 16.0 Å². The van der Waals surface area contributed by atoms with Crippen LogP contribution in [0.2, 0.25) is 0 Å². The zero-order valence-electron chi connectivity index (χ0n) is 9.66. The molecule has 0 radical (unpaired) electrons. The molecule has 86 valence electrons. The summed E-state index contributed by atoms with van der Waals surface area (Å²) in [4.78, 5) is 11.3. The molecule has 3 nitrogen and oxygen atoms in total. The van der Waals surface area contributed by atoms with Crippen LogP contribution in [0.4, 0.5) is 0 Å². The summed E-state index contributed by atoms with van der Waals surface area (Å²) in [5.74, 6) is 1.16. The highest BCUT2D eigenvalue weighted by Gasteiger charge is 2.21. The molecule has 0 N–H and O–H groups in total. The van der Waals surface area contributed by atoms with Gasteiger partial charge in [-0.2, -0.15) is 0 Å². The number of carbonyl (C=O) groups excluding carboxylic acids is 1. The molecule has 1 aliphatic heterocycles. The van der Waals surface area contributed by atoms with Crippen LogP contribution >= 0.6 is 0 Å². The molecule has 1 aromatic rings. The number of hydrogen-bond donors (Lipinski definition) is 0. The molecular formula is C13H16O3. The molecule has 1 aliphatic rings. The Labute approximate surface area is 95.4 Å². The van der Waals surface area contributed by atoms with Crippen LogP contribution in [0.3, 0.4) is 0 Å². The maximum atomic E-state index is 11.3. The summed E-state index contributed by atoms with van der Waals surface area (Å²) in [5.41, 5.74) is 2.19. The Bertz CT molecular complexity index is 398. The number of carbonyl (C=O) groups is 1. The van der Waals surface area contributed by atoms with Crippen molar-refractivity contribution in [2.24, 2.45) is 0 Å². The topological polar surface area (TPSA) is 35.5 Å². The van der Waals surface area contributed by atoms with Gasteiger partial charge in [0, 0.05) is 5.56 Å². The van der Waals surface area contributed by atoms with E-state index in [0.29, 0.717) is 12.3 Å². The molecule has 0 spiro atoms. The first kappa shape index (κ1) is 11.0. The minimum absolute atomic E-state index is 0.203. The molecular weight excluding hydrogens is 204 g/mol. The highest BCUT2D eigenvalue weighted by Crippen LogP contribution is 2.36. The average molecular weight is 220 g/mol. The molecule has 0 amide bonds. The standard InChI is InChI=1S/C13H16O3/c1-9-6-7-16-11-5-3-4-10(13(9)11)8-12(14)15-2/h3-5,9H,6-8H2,1-2H3. The number of benzene rings is 1. The Kier molecular flexibility index (Phi) is 3.13. The summed E-state index contributed by atoms with van der Waals surface area (Å²) in [6.45, 7) is 2.93. The third-order valence-corrected chi connectivity index (χ3v) is 3.02. The van der Waals surface area contributed by atoms with Crippen molar-refractivity contribution in [3.05, 3.63) is 29.3 Å². The van der Waals surface area contributed by atoms with E-state index in [0.717, 1.165) is 24.3 Å². The molecule has 0 aliphatic carbocycles. The van der Waals surface area contributed by atoms with Gasteiger partial charge in [0.15, 0.2) is 0 Å². The van der Waals surface area contributed by atoms with Crippen molar-refractivity contribution in [1.29, 1.82) is 0 Å². The van der Waals surface area contributed by atoms with Crippen molar-refractivity contribution in [3.8, 4) is 5.75 Å². The number of rotatable bonds is 2. The smallest absolute Gasteiger partial charge is 0.309 e. The summed E-state index contributed by atoms with van der Waals surface area (Å²) in [6, 6.07) is 5.86. The van der Waals surface area contributed by atoms with Gasteiger partial charge in [-0.3, -0.25) is 4.79 Å². The largest absolute Gasteiger partial charge is 0.493 e. The lowest BCUT2D eigenvalue weighted by Crippen LogP contribution is -2.16. The fourth-order valence-electron chi connectivity index (χ4n) is 2.15. The third kappa shape index (κ3) is 2.03. The summed E-state index contributed by atoms with van der Waals surface area (Å²) in [5, 5.41) is 0. The number of hydrogen-bond acceptors (Lipinski definition) is 3. The molecule has 1 atom stereocenters. The summed E-state index contributed by atoms with van der Waals surface area (Å²) < 4.78 is 10.3. The quantitative estimate of drug-likeness (QED) is 0.717. The van der Waals surface area contributed by atoms with Crippen LogP contribution in [0, 0.1) is 0 Å². The molecule has 1 heterocycles. The summed E-state index contributed by atoms with van der Waals surface area (Å²) in [7, 11) is 1.41. The van der Waals surface area contributed by atoms with Crippen LogP contribution < -0.4 is 4.74 Å². The molecule has 0 aromatic heterocycles. The predicted molar refractivity (Wildman–Crippen MR) is 60.7 cm³/mol. The monoisotopic (exact) mass is 220 g/mol. The Morgan fingerprint density at radius 3 is 3.12 bits per heavy atom. The molecule has 0 bridgehead atoms. The Hall–Kier alpha value is -1.51. The number of fused-ring (bicyclic) bond motifs is 1. The van der Waals surface area contributed by atoms with E-state index < -0.39 is 0 Å². The number of ether oxygens (including phenoxy) is 2. The SMILES string of the molecule is COC(=O)Cc1cccc2c1C(C)CCO2. The average Bonchev–Trinajstić information content (AvgIpc) is 2.29. The van der Waals surface area contributed by atoms with E-state index in [9.17, 15) is 4.79 Å². The Morgan fingerprint density at radius 1 is 1.56 bits per heavy atom. The first-order chi connectivity index (χ1) is 7.72. The maximum absolute atomic E-state index is 11.3. The summed E-state index contributed by atoms with van der Waals surface area (Å²) >= 11 is 0. The van der Waals surface area contributed by atoms with Gasteiger partial charge >= 0.3 is 5.97 Å². The molecule has 0 fully saturated rings. The highest BCUT2D eigenvalue weighted by atomic mass is 16.5. The van der Waals surface area contributed by atoms with E-state index in [2.05, 4.69) is 6.92 Å². The van der Waals surface area contributed by atoms with Crippen molar-refractivity contribution in [1.82, 2.24) is 0 Å². The van der Waals surface area contributed by atoms with Gasteiger partial charge in [-0.05, 0) is 24.0 Å². The van der Waals surface area contributed by atoms with Gasteiger partial charge < -0.3 is 9.47 Å². The Morgan fingerprint density at radius 2 is 2.38 bits per heavy atom. The first-order valence-corrected chi connectivity index (χ1v) is 5.53. The van der Waals surface area contributed by atoms with Gasteiger partial charge in [0.25, 0.3) is 0 Å². The molecule has 0 saturated heterocycles. The van der Waals surface area contributed by atoms with Gasteiger partial charge in [0.05, 0.1) is 20.1 Å². The second-order valence-electron chi connectivity index (χ2n) is 4.12. The molecule has 1 aromatic carbocycles. The zero-order valence-corrected chi connectivity index (χ0v) is 9.66. The van der Waals surface area contributed by atoms with Crippen LogP contribution in [-0.4, -0.2) is 19.7 Å². The first-order valence-electron chi connectivity index (χ1n) is 5.53. The minimum Gasteiger partial charge on any atom is -0.493 e. The van der Waals surface area contributed by atoms with Crippen LogP contribution in [0.5, 0.6) is 5.75 Å². The molecule has 2 rings (SSSR count). The van der Waals surface area contributed by atoms with E-state index in [1.807, 2.05) is 18.2 Å². The maximum Gasteiger partial charge on any atom is 0.309 e. The lowest BCUT2D eigenvalue weighted by molar-refractivity contribution is -0.139. The van der Waals surface area contributed by atoms with E-state index in [1.165, 1.54) is 12.7 Å². The van der Waals surface area contributed by atoms with Gasteiger partial charge in [-0.1, -0.05) is 19.1 Å². The van der Waals surface area contributed by atoms with Crippen molar-refractivity contribution in [2.45, 2.75) is 25.7 Å². The van der Waals surface area contributed by atoms with Crippen LogP contribution in [0.1, 0.15) is 30.4 Å².